The normalized spacial score (nSPS) is 31.0. The van der Waals surface area contributed by atoms with E-state index >= 15 is 0 Å². The van der Waals surface area contributed by atoms with E-state index in [0.717, 1.165) is 5.39 Å². The van der Waals surface area contributed by atoms with Crippen molar-refractivity contribution in [3.05, 3.63) is 36.5 Å². The maximum Gasteiger partial charge on any atom is 0.335 e. The van der Waals surface area contributed by atoms with E-state index in [2.05, 4.69) is 4.98 Å². The first-order valence-corrected chi connectivity index (χ1v) is 6.91. The molecule has 1 saturated heterocycles. The molecule has 2 aromatic rings. The molecule has 0 radical (unpaired) electrons. The molecule has 0 bridgehead atoms. The van der Waals surface area contributed by atoms with Crippen LogP contribution in [0.1, 0.15) is 0 Å². The monoisotopic (exact) mass is 321 g/mol. The molecule has 3 rings (SSSR count). The predicted molar refractivity (Wildman–Crippen MR) is 76.7 cm³/mol. The summed E-state index contributed by atoms with van der Waals surface area (Å²) in [7, 11) is 0. The van der Waals surface area contributed by atoms with Crippen LogP contribution in [-0.4, -0.2) is 62.1 Å². The summed E-state index contributed by atoms with van der Waals surface area (Å²) in [6.45, 7) is 0. The molecular weight excluding hydrogens is 306 g/mol. The summed E-state index contributed by atoms with van der Waals surface area (Å²) in [4.78, 5) is 15.2. The zero-order valence-electron chi connectivity index (χ0n) is 11.8. The van der Waals surface area contributed by atoms with E-state index in [0.29, 0.717) is 5.52 Å². The summed E-state index contributed by atoms with van der Waals surface area (Å²) in [5.41, 5.74) is 0.644. The molecule has 2 heterocycles. The van der Waals surface area contributed by atoms with Gasteiger partial charge in [0.25, 0.3) is 0 Å². The molecule has 8 heteroatoms. The summed E-state index contributed by atoms with van der Waals surface area (Å²) >= 11 is 0. The van der Waals surface area contributed by atoms with Gasteiger partial charge >= 0.3 is 5.97 Å². The van der Waals surface area contributed by atoms with E-state index < -0.39 is 36.7 Å². The molecule has 1 fully saturated rings. The van der Waals surface area contributed by atoms with Crippen LogP contribution >= 0.6 is 0 Å². The lowest BCUT2D eigenvalue weighted by Gasteiger charge is -2.38. The van der Waals surface area contributed by atoms with Crippen LogP contribution in [0.25, 0.3) is 10.9 Å². The smallest absolute Gasteiger partial charge is 0.335 e. The molecule has 1 aliphatic rings. The van der Waals surface area contributed by atoms with Crippen molar-refractivity contribution in [3.8, 4) is 5.75 Å². The molecule has 1 aromatic carbocycles. The molecule has 0 amide bonds. The van der Waals surface area contributed by atoms with E-state index in [4.69, 9.17) is 14.6 Å². The maximum atomic E-state index is 11.0. The minimum absolute atomic E-state index is 0.285. The summed E-state index contributed by atoms with van der Waals surface area (Å²) in [5.74, 6) is -1.18. The molecule has 1 aromatic heterocycles. The van der Waals surface area contributed by atoms with Crippen molar-refractivity contribution in [2.75, 3.05) is 0 Å². The fraction of sp³-hybridized carbons (Fsp3) is 0.333. The molecule has 122 valence electrons. The second kappa shape index (κ2) is 6.09. The first-order valence-electron chi connectivity index (χ1n) is 6.91. The minimum Gasteiger partial charge on any atom is -0.479 e. The molecule has 8 nitrogen and oxygen atoms in total. The third-order valence-corrected chi connectivity index (χ3v) is 3.64. The Labute approximate surface area is 130 Å². The van der Waals surface area contributed by atoms with Crippen LogP contribution in [0.15, 0.2) is 36.5 Å². The molecule has 0 saturated carbocycles. The Morgan fingerprint density at radius 2 is 1.91 bits per heavy atom. The Balaban J connectivity index is 1.83. The quantitative estimate of drug-likeness (QED) is 0.596. The first kappa shape index (κ1) is 15.6. The van der Waals surface area contributed by atoms with Crippen molar-refractivity contribution in [2.24, 2.45) is 0 Å². The van der Waals surface area contributed by atoms with Crippen molar-refractivity contribution in [2.45, 2.75) is 30.7 Å². The minimum atomic E-state index is -1.75. The SMILES string of the molecule is O=C(O)[C@H]1O[C@@H](Oc2ccc3cccnc3c2)[C@H](O)[C@@H](O)[C@@H]1O. The van der Waals surface area contributed by atoms with Gasteiger partial charge in [-0.05, 0) is 18.2 Å². The second-order valence-electron chi connectivity index (χ2n) is 5.21. The number of pyridine rings is 1. The topological polar surface area (TPSA) is 129 Å². The van der Waals surface area contributed by atoms with Gasteiger partial charge in [0.2, 0.25) is 6.29 Å². The summed E-state index contributed by atoms with van der Waals surface area (Å²) in [5, 5.41) is 39.2. The van der Waals surface area contributed by atoms with Crippen LogP contribution < -0.4 is 4.74 Å². The zero-order chi connectivity index (χ0) is 16.6. The van der Waals surface area contributed by atoms with Crippen LogP contribution in [0.4, 0.5) is 0 Å². The van der Waals surface area contributed by atoms with Gasteiger partial charge in [-0.1, -0.05) is 6.07 Å². The highest BCUT2D eigenvalue weighted by Gasteiger charge is 2.48. The van der Waals surface area contributed by atoms with Gasteiger partial charge in [0.15, 0.2) is 6.10 Å². The number of carboxylic acid groups (broad SMARTS) is 1. The van der Waals surface area contributed by atoms with Crippen LogP contribution in [0.2, 0.25) is 0 Å². The molecule has 1 aliphatic heterocycles. The summed E-state index contributed by atoms with van der Waals surface area (Å²) < 4.78 is 10.5. The van der Waals surface area contributed by atoms with Crippen LogP contribution in [0, 0.1) is 0 Å². The third kappa shape index (κ3) is 2.97. The lowest BCUT2D eigenvalue weighted by Crippen LogP contribution is -2.61. The lowest BCUT2D eigenvalue weighted by atomic mass is 9.99. The molecule has 23 heavy (non-hydrogen) atoms. The number of nitrogens with zero attached hydrogens (tertiary/aromatic N) is 1. The Bertz CT molecular complexity index is 722. The standard InChI is InChI=1S/C15H15NO7/c17-10-11(18)13(14(20)21)23-15(12(10)19)22-8-4-3-7-2-1-5-16-9(7)6-8/h1-6,10-13,15,17-19H,(H,20,21)/t10-,11-,12+,13-,15+/m0/s1. The Kier molecular flexibility index (Phi) is 4.14. The molecular formula is C15H15NO7. The fourth-order valence-electron chi connectivity index (χ4n) is 2.40. The van der Waals surface area contributed by atoms with Gasteiger partial charge in [0, 0.05) is 17.6 Å². The molecule has 0 spiro atoms. The number of carbonyl (C=O) groups is 1. The highest BCUT2D eigenvalue weighted by Crippen LogP contribution is 2.26. The van der Waals surface area contributed by atoms with E-state index in [1.807, 2.05) is 6.07 Å². The van der Waals surface area contributed by atoms with Crippen LogP contribution in [-0.2, 0) is 9.53 Å². The van der Waals surface area contributed by atoms with Crippen molar-refractivity contribution >= 4 is 16.9 Å². The second-order valence-corrected chi connectivity index (χ2v) is 5.21. The number of aliphatic carboxylic acids is 1. The van der Waals surface area contributed by atoms with E-state index in [1.165, 1.54) is 0 Å². The van der Waals surface area contributed by atoms with E-state index in [1.54, 1.807) is 30.5 Å². The van der Waals surface area contributed by atoms with Gasteiger partial charge in [-0.25, -0.2) is 4.79 Å². The van der Waals surface area contributed by atoms with Gasteiger partial charge in [-0.15, -0.1) is 0 Å². The number of aliphatic hydroxyl groups excluding tert-OH is 3. The van der Waals surface area contributed by atoms with Gasteiger partial charge in [0.1, 0.15) is 24.1 Å². The predicted octanol–water partition coefficient (Wildman–Crippen LogP) is -0.494. The van der Waals surface area contributed by atoms with Gasteiger partial charge in [-0.3, -0.25) is 4.98 Å². The van der Waals surface area contributed by atoms with Crippen molar-refractivity contribution in [1.29, 1.82) is 0 Å². The first-order chi connectivity index (χ1) is 11.0. The third-order valence-electron chi connectivity index (χ3n) is 3.64. The number of hydrogen-bond acceptors (Lipinski definition) is 7. The maximum absolute atomic E-state index is 11.0. The van der Waals surface area contributed by atoms with E-state index in [-0.39, 0.29) is 5.75 Å². The Hall–Kier alpha value is -2.26. The Morgan fingerprint density at radius 3 is 2.65 bits per heavy atom. The molecule has 4 N–H and O–H groups in total. The Morgan fingerprint density at radius 1 is 1.13 bits per heavy atom. The summed E-state index contributed by atoms with van der Waals surface area (Å²) in [6, 6.07) is 8.59. The summed E-state index contributed by atoms with van der Waals surface area (Å²) in [6.07, 6.45) is -6.57. The number of aliphatic hydroxyl groups is 3. The molecule has 0 aliphatic carbocycles. The van der Waals surface area contributed by atoms with Crippen LogP contribution in [0.3, 0.4) is 0 Å². The van der Waals surface area contributed by atoms with Crippen LogP contribution in [0.5, 0.6) is 5.75 Å². The number of ether oxygens (including phenoxy) is 2. The number of fused-ring (bicyclic) bond motifs is 1. The average Bonchev–Trinajstić information content (AvgIpc) is 2.55. The highest BCUT2D eigenvalue weighted by molar-refractivity contribution is 5.79. The van der Waals surface area contributed by atoms with E-state index in [9.17, 15) is 20.1 Å². The van der Waals surface area contributed by atoms with Crippen molar-refractivity contribution in [1.82, 2.24) is 4.98 Å². The van der Waals surface area contributed by atoms with Crippen molar-refractivity contribution < 1.29 is 34.7 Å². The largest absolute Gasteiger partial charge is 0.479 e. The number of carboxylic acids is 1. The lowest BCUT2D eigenvalue weighted by molar-refractivity contribution is -0.271. The van der Waals surface area contributed by atoms with Crippen molar-refractivity contribution in [3.63, 3.8) is 0 Å². The number of aromatic nitrogens is 1. The average molecular weight is 321 g/mol. The number of benzene rings is 1. The highest BCUT2D eigenvalue weighted by atomic mass is 16.7. The van der Waals surface area contributed by atoms with Gasteiger partial charge < -0.3 is 29.9 Å². The van der Waals surface area contributed by atoms with Gasteiger partial charge in [-0.2, -0.15) is 0 Å². The molecule has 5 atom stereocenters. The molecule has 0 unspecified atom stereocenters. The number of rotatable bonds is 3. The fourth-order valence-corrected chi connectivity index (χ4v) is 2.40. The number of hydrogen-bond donors (Lipinski definition) is 4. The zero-order valence-corrected chi connectivity index (χ0v) is 11.8. The van der Waals surface area contributed by atoms with Gasteiger partial charge in [0.05, 0.1) is 5.52 Å².